The largest absolute Gasteiger partial charge is 0.389 e. The molecule has 2 aromatic heterocycles. The Hall–Kier alpha value is -2.03. The highest BCUT2D eigenvalue weighted by Gasteiger charge is 2.28. The molecule has 1 aliphatic heterocycles. The van der Waals surface area contributed by atoms with Gasteiger partial charge in [0.1, 0.15) is 0 Å². The molecule has 0 aromatic carbocycles. The summed E-state index contributed by atoms with van der Waals surface area (Å²) in [7, 11) is 0. The second-order valence-electron chi connectivity index (χ2n) is 5.72. The molecule has 0 spiro atoms. The number of alkyl halides is 3. The van der Waals surface area contributed by atoms with Crippen LogP contribution in [0.4, 0.5) is 13.2 Å². The molecule has 0 saturated heterocycles. The van der Waals surface area contributed by atoms with Gasteiger partial charge >= 0.3 is 6.18 Å². The monoisotopic (exact) mass is 370 g/mol. The number of rotatable bonds is 6. The Morgan fingerprint density at radius 3 is 2.88 bits per heavy atom. The molecule has 0 saturated carbocycles. The smallest absolute Gasteiger partial charge is 0.329 e. The lowest BCUT2D eigenvalue weighted by atomic mass is 10.1. The number of hydrogen-bond acceptors (Lipinski definition) is 4. The first-order chi connectivity index (χ1) is 11.9. The van der Waals surface area contributed by atoms with E-state index in [1.165, 1.54) is 11.8 Å². The van der Waals surface area contributed by atoms with Crippen LogP contribution in [-0.2, 0) is 6.42 Å². The molecule has 0 radical (unpaired) electrons. The summed E-state index contributed by atoms with van der Waals surface area (Å²) in [6, 6.07) is 3.64. The summed E-state index contributed by atoms with van der Waals surface area (Å²) < 4.78 is 38.0. The molecule has 0 aliphatic carbocycles. The van der Waals surface area contributed by atoms with Gasteiger partial charge in [-0.2, -0.15) is 18.3 Å². The number of aromatic nitrogens is 3. The van der Waals surface area contributed by atoms with E-state index in [1.807, 2.05) is 6.07 Å². The summed E-state index contributed by atoms with van der Waals surface area (Å²) in [6.45, 7) is 0.530. The number of nitrogens with zero attached hydrogens (tertiary/aromatic N) is 4. The third-order valence-corrected chi connectivity index (χ3v) is 4.90. The van der Waals surface area contributed by atoms with E-state index in [9.17, 15) is 18.0 Å². The van der Waals surface area contributed by atoms with Crippen molar-refractivity contribution in [2.45, 2.75) is 25.4 Å². The molecule has 5 nitrogen and oxygen atoms in total. The first kappa shape index (κ1) is 17.8. The number of pyridine rings is 1. The quantitative estimate of drug-likeness (QED) is 0.732. The number of thioether (sulfide) groups is 1. The first-order valence-corrected chi connectivity index (χ1v) is 9.02. The fourth-order valence-electron chi connectivity index (χ4n) is 2.58. The summed E-state index contributed by atoms with van der Waals surface area (Å²) >= 11 is 1.35. The lowest BCUT2D eigenvalue weighted by Crippen LogP contribution is -2.37. The van der Waals surface area contributed by atoms with Crippen LogP contribution >= 0.6 is 11.8 Å². The van der Waals surface area contributed by atoms with Crippen molar-refractivity contribution >= 4 is 17.7 Å². The predicted octanol–water partition coefficient (Wildman–Crippen LogP) is 3.30. The van der Waals surface area contributed by atoms with Crippen LogP contribution in [0.3, 0.4) is 0 Å². The Kier molecular flexibility index (Phi) is 5.31. The van der Waals surface area contributed by atoms with Crippen molar-refractivity contribution in [3.05, 3.63) is 42.0 Å². The maximum Gasteiger partial charge on any atom is 0.389 e. The normalized spacial score (nSPS) is 14.7. The second kappa shape index (κ2) is 7.47. The maximum absolute atomic E-state index is 12.5. The summed E-state index contributed by atoms with van der Waals surface area (Å²) in [5.41, 5.74) is 2.07. The van der Waals surface area contributed by atoms with Crippen molar-refractivity contribution in [3.8, 4) is 5.69 Å². The summed E-state index contributed by atoms with van der Waals surface area (Å²) in [6.07, 6.45) is 0.827. The zero-order valence-electron chi connectivity index (χ0n) is 13.4. The third-order valence-electron chi connectivity index (χ3n) is 3.83. The van der Waals surface area contributed by atoms with Crippen LogP contribution in [0.25, 0.3) is 5.69 Å². The third kappa shape index (κ3) is 4.53. The van der Waals surface area contributed by atoms with Crippen LogP contribution in [0.15, 0.2) is 30.7 Å². The second-order valence-corrected chi connectivity index (χ2v) is 6.79. The lowest BCUT2D eigenvalue weighted by Gasteiger charge is -2.25. The molecule has 0 atom stereocenters. The van der Waals surface area contributed by atoms with Gasteiger partial charge in [-0.05, 0) is 24.3 Å². The fraction of sp³-hybridized carbons (Fsp3) is 0.438. The number of carbonyl (C=O) groups is 1. The Morgan fingerprint density at radius 1 is 1.32 bits per heavy atom. The van der Waals surface area contributed by atoms with Crippen LogP contribution in [0.2, 0.25) is 0 Å². The first-order valence-electron chi connectivity index (χ1n) is 7.87. The van der Waals surface area contributed by atoms with Crippen molar-refractivity contribution in [1.29, 1.82) is 0 Å². The van der Waals surface area contributed by atoms with E-state index >= 15 is 0 Å². The minimum atomic E-state index is -4.11. The Bertz CT molecular complexity index is 733. The number of fused-ring (bicyclic) bond motifs is 1. The number of hydrogen-bond donors (Lipinski definition) is 0. The van der Waals surface area contributed by atoms with Crippen LogP contribution in [0, 0.1) is 0 Å². The molecule has 1 amide bonds. The molecule has 3 heterocycles. The van der Waals surface area contributed by atoms with Crippen LogP contribution in [0.5, 0.6) is 0 Å². The number of halogens is 3. The fourth-order valence-corrected chi connectivity index (χ4v) is 3.52. The highest BCUT2D eigenvalue weighted by molar-refractivity contribution is 7.99. The van der Waals surface area contributed by atoms with E-state index in [0.29, 0.717) is 30.2 Å². The zero-order chi connectivity index (χ0) is 17.9. The van der Waals surface area contributed by atoms with Gasteiger partial charge in [0, 0.05) is 31.8 Å². The van der Waals surface area contributed by atoms with Gasteiger partial charge in [-0.15, -0.1) is 11.8 Å². The van der Waals surface area contributed by atoms with Crippen LogP contribution in [-0.4, -0.2) is 49.9 Å². The Morgan fingerprint density at radius 2 is 2.16 bits per heavy atom. The zero-order valence-corrected chi connectivity index (χ0v) is 14.2. The number of amides is 1. The highest BCUT2D eigenvalue weighted by atomic mass is 32.2. The predicted molar refractivity (Wildman–Crippen MR) is 88.7 cm³/mol. The summed E-state index contributed by atoms with van der Waals surface area (Å²) in [4.78, 5) is 18.2. The summed E-state index contributed by atoms with van der Waals surface area (Å²) in [5, 5.41) is 4.44. The summed E-state index contributed by atoms with van der Waals surface area (Å²) in [5.74, 6) is 0.652. The van der Waals surface area contributed by atoms with Gasteiger partial charge < -0.3 is 4.90 Å². The molecule has 1 aliphatic rings. The molecule has 134 valence electrons. The molecule has 0 bridgehead atoms. The average molecular weight is 370 g/mol. The molecule has 0 unspecified atom stereocenters. The van der Waals surface area contributed by atoms with E-state index in [4.69, 9.17) is 0 Å². The van der Waals surface area contributed by atoms with Gasteiger partial charge in [0.15, 0.2) is 0 Å². The van der Waals surface area contributed by atoms with E-state index in [1.54, 1.807) is 34.2 Å². The lowest BCUT2D eigenvalue weighted by molar-refractivity contribution is -0.134. The van der Waals surface area contributed by atoms with Crippen LogP contribution in [0.1, 0.15) is 28.9 Å². The molecular formula is C16H17F3N4OS. The Labute approximate surface area is 147 Å². The minimum Gasteiger partial charge on any atom is -0.329 e. The molecule has 3 rings (SSSR count). The molecule has 9 heteroatoms. The van der Waals surface area contributed by atoms with E-state index in [2.05, 4.69) is 10.1 Å². The van der Waals surface area contributed by atoms with Crippen molar-refractivity contribution in [2.75, 3.05) is 18.2 Å². The molecule has 0 N–H and O–H groups in total. The van der Waals surface area contributed by atoms with Gasteiger partial charge in [-0.25, -0.2) is 4.68 Å². The van der Waals surface area contributed by atoms with Crippen LogP contribution < -0.4 is 0 Å². The van der Waals surface area contributed by atoms with Crippen molar-refractivity contribution < 1.29 is 18.0 Å². The Balaban J connectivity index is 1.57. The molecule has 25 heavy (non-hydrogen) atoms. The molecule has 2 aromatic rings. The molecular weight excluding hydrogens is 353 g/mol. The van der Waals surface area contributed by atoms with Gasteiger partial charge in [0.2, 0.25) is 0 Å². The van der Waals surface area contributed by atoms with Crippen molar-refractivity contribution in [2.24, 2.45) is 0 Å². The topological polar surface area (TPSA) is 51.0 Å². The van der Waals surface area contributed by atoms with Gasteiger partial charge in [0.25, 0.3) is 5.91 Å². The van der Waals surface area contributed by atoms with Crippen molar-refractivity contribution in [3.63, 3.8) is 0 Å². The van der Waals surface area contributed by atoms with Gasteiger partial charge in [-0.1, -0.05) is 0 Å². The minimum absolute atomic E-state index is 0.0698. The van der Waals surface area contributed by atoms with E-state index < -0.39 is 12.6 Å². The van der Waals surface area contributed by atoms with Gasteiger partial charge in [-0.3, -0.25) is 9.78 Å². The maximum atomic E-state index is 12.5. The SMILES string of the molecule is O=C1c2cn(-c3cccnc3)nc2CCN1CSCCCC(F)(F)F. The number of carbonyl (C=O) groups excluding carboxylic acids is 1. The van der Waals surface area contributed by atoms with Gasteiger partial charge in [0.05, 0.1) is 29.0 Å². The van der Waals surface area contributed by atoms with Crippen molar-refractivity contribution in [1.82, 2.24) is 19.7 Å². The van der Waals surface area contributed by atoms with E-state index in [0.717, 1.165) is 11.4 Å². The standard InChI is InChI=1S/C16H17F3N4OS/c17-16(18,19)5-2-8-25-11-22-7-4-14-13(15(22)24)10-23(21-14)12-3-1-6-20-9-12/h1,3,6,9-10H,2,4-5,7-8,11H2. The molecule has 0 fully saturated rings. The van der Waals surface area contributed by atoms with E-state index in [-0.39, 0.29) is 12.3 Å². The highest BCUT2D eigenvalue weighted by Crippen LogP contribution is 2.24. The average Bonchev–Trinajstić information content (AvgIpc) is 3.01.